The molecule has 2 heterocycles. The number of alkyl halides is 2. The van der Waals surface area contributed by atoms with Crippen molar-refractivity contribution in [1.29, 1.82) is 0 Å². The number of aromatic nitrogens is 2. The third kappa shape index (κ3) is 4.63. The van der Waals surface area contributed by atoms with Gasteiger partial charge in [0.1, 0.15) is 0 Å². The van der Waals surface area contributed by atoms with E-state index in [0.717, 1.165) is 11.3 Å². The lowest BCUT2D eigenvalue weighted by atomic mass is 9.83. The second-order valence-corrected chi connectivity index (χ2v) is 8.06. The molecule has 0 unspecified atom stereocenters. The number of benzene rings is 1. The summed E-state index contributed by atoms with van der Waals surface area (Å²) in [4.78, 5) is 21.4. The highest BCUT2D eigenvalue weighted by atomic mass is 19.3. The van der Waals surface area contributed by atoms with Crippen molar-refractivity contribution in [2.45, 2.75) is 38.0 Å². The number of amides is 1. The van der Waals surface area contributed by atoms with Crippen LogP contribution in [0.5, 0.6) is 0 Å². The summed E-state index contributed by atoms with van der Waals surface area (Å²) in [7, 11) is 3.64. The highest BCUT2D eigenvalue weighted by Gasteiger charge is 2.45. The summed E-state index contributed by atoms with van der Waals surface area (Å²) >= 11 is 0. The Morgan fingerprint density at radius 3 is 2.52 bits per heavy atom. The van der Waals surface area contributed by atoms with Crippen molar-refractivity contribution in [3.63, 3.8) is 0 Å². The zero-order chi connectivity index (χ0) is 22.2. The summed E-state index contributed by atoms with van der Waals surface area (Å²) in [6.07, 6.45) is 2.79. The van der Waals surface area contributed by atoms with Crippen molar-refractivity contribution in [2.75, 3.05) is 19.4 Å². The number of aryl methyl sites for hydroxylation is 1. The topological polar surface area (TPSA) is 85.8 Å². The molecule has 2 atom stereocenters. The van der Waals surface area contributed by atoms with E-state index in [-0.39, 0.29) is 25.2 Å². The Bertz CT molecular complexity index is 978. The van der Waals surface area contributed by atoms with Crippen LogP contribution in [0.3, 0.4) is 0 Å². The fourth-order valence-corrected chi connectivity index (χ4v) is 4.00. The first-order valence-corrected chi connectivity index (χ1v) is 10.1. The molecule has 1 saturated carbocycles. The normalized spacial score (nSPS) is 21.5. The predicted octanol–water partition coefficient (Wildman–Crippen LogP) is 2.90. The van der Waals surface area contributed by atoms with E-state index in [1.165, 1.54) is 6.20 Å². The van der Waals surface area contributed by atoms with Gasteiger partial charge in [-0.2, -0.15) is 0 Å². The summed E-state index contributed by atoms with van der Waals surface area (Å²) in [5.74, 6) is -3.31. The molecule has 2 aliphatic rings. The van der Waals surface area contributed by atoms with Crippen LogP contribution in [0.2, 0.25) is 0 Å². The van der Waals surface area contributed by atoms with Crippen molar-refractivity contribution in [2.24, 2.45) is 11.0 Å². The lowest BCUT2D eigenvalue weighted by molar-refractivity contribution is -0.118. The molecule has 2 aromatic rings. The van der Waals surface area contributed by atoms with Gasteiger partial charge in [0.05, 0.1) is 24.0 Å². The molecule has 1 fully saturated rings. The lowest BCUT2D eigenvalue weighted by Gasteiger charge is -2.23. The summed E-state index contributed by atoms with van der Waals surface area (Å²) in [5, 5.41) is 10.5. The van der Waals surface area contributed by atoms with Crippen molar-refractivity contribution in [1.82, 2.24) is 25.6 Å². The van der Waals surface area contributed by atoms with Gasteiger partial charge in [0, 0.05) is 32.5 Å². The standard InChI is InChI=1S/C21H25F2N7O/c1-13-11-25-17(12-24-13)26-20(31)18(16-8-9-21(22,23)10-16)14-4-6-15(7-5-14)19-27-29(2)30(3)28-19/h4-7,11-12,16,18H,8-10H2,1-3H3,(H,27,28)(H,25,26,31)/t16-,18+/m0/s1. The maximum atomic E-state index is 14.0. The first kappa shape index (κ1) is 21.1. The zero-order valence-electron chi connectivity index (χ0n) is 17.6. The molecule has 1 aliphatic heterocycles. The number of amidine groups is 1. The van der Waals surface area contributed by atoms with Crippen molar-refractivity contribution >= 4 is 17.6 Å². The zero-order valence-corrected chi connectivity index (χ0v) is 17.6. The van der Waals surface area contributed by atoms with Gasteiger partial charge in [-0.1, -0.05) is 24.3 Å². The maximum absolute atomic E-state index is 14.0. The second-order valence-electron chi connectivity index (χ2n) is 8.06. The van der Waals surface area contributed by atoms with Crippen molar-refractivity contribution in [3.05, 3.63) is 53.5 Å². The number of anilines is 1. The Labute approximate surface area is 179 Å². The number of rotatable bonds is 5. The smallest absolute Gasteiger partial charge is 0.248 e. The molecule has 31 heavy (non-hydrogen) atoms. The number of carbonyl (C=O) groups excluding carboxylic acids is 1. The average Bonchev–Trinajstić information content (AvgIpc) is 3.25. The van der Waals surface area contributed by atoms with Crippen LogP contribution in [-0.4, -0.2) is 52.0 Å². The van der Waals surface area contributed by atoms with Crippen LogP contribution in [-0.2, 0) is 4.79 Å². The largest absolute Gasteiger partial charge is 0.309 e. The van der Waals surface area contributed by atoms with Gasteiger partial charge in [-0.05, 0) is 24.8 Å². The van der Waals surface area contributed by atoms with Gasteiger partial charge in [-0.15, -0.1) is 10.2 Å². The molecule has 10 heteroatoms. The van der Waals surface area contributed by atoms with Gasteiger partial charge in [0.2, 0.25) is 11.8 Å². The SMILES string of the molecule is Cc1cnc(NC(=O)[C@H](c2ccc(C3=NN(C)N(C)N3)cc2)[C@H]2CCC(F)(F)C2)cn1. The molecular weight excluding hydrogens is 404 g/mol. The summed E-state index contributed by atoms with van der Waals surface area (Å²) in [5.41, 5.74) is 5.35. The Morgan fingerprint density at radius 1 is 1.23 bits per heavy atom. The number of nitrogens with zero attached hydrogens (tertiary/aromatic N) is 5. The van der Waals surface area contributed by atoms with Crippen LogP contribution in [0.15, 0.2) is 41.8 Å². The van der Waals surface area contributed by atoms with Crippen molar-refractivity contribution in [3.8, 4) is 0 Å². The molecule has 1 amide bonds. The minimum Gasteiger partial charge on any atom is -0.309 e. The first-order chi connectivity index (χ1) is 14.7. The number of halogens is 2. The molecule has 8 nitrogen and oxygen atoms in total. The van der Waals surface area contributed by atoms with Gasteiger partial charge >= 0.3 is 0 Å². The summed E-state index contributed by atoms with van der Waals surface area (Å²) < 4.78 is 27.9. The van der Waals surface area contributed by atoms with E-state index in [1.54, 1.807) is 35.5 Å². The highest BCUT2D eigenvalue weighted by Crippen LogP contribution is 2.45. The molecule has 1 aromatic heterocycles. The van der Waals surface area contributed by atoms with Gasteiger partial charge in [0.15, 0.2) is 11.7 Å². The quantitative estimate of drug-likeness (QED) is 0.760. The van der Waals surface area contributed by atoms with Crippen LogP contribution in [0.4, 0.5) is 14.6 Å². The average molecular weight is 429 g/mol. The first-order valence-electron chi connectivity index (χ1n) is 10.1. The van der Waals surface area contributed by atoms with Crippen LogP contribution in [0.1, 0.15) is 42.0 Å². The monoisotopic (exact) mass is 429 g/mol. The number of hydrogen-bond donors (Lipinski definition) is 2. The molecule has 164 valence electrons. The van der Waals surface area contributed by atoms with Gasteiger partial charge < -0.3 is 5.32 Å². The van der Waals surface area contributed by atoms with Crippen LogP contribution in [0, 0.1) is 12.8 Å². The molecule has 1 aromatic carbocycles. The number of carbonyl (C=O) groups is 1. The van der Waals surface area contributed by atoms with Crippen LogP contribution in [0.25, 0.3) is 0 Å². The van der Waals surface area contributed by atoms with E-state index >= 15 is 0 Å². The molecule has 0 radical (unpaired) electrons. The van der Waals surface area contributed by atoms with Crippen LogP contribution >= 0.6 is 0 Å². The van der Waals surface area contributed by atoms with E-state index < -0.39 is 17.8 Å². The Morgan fingerprint density at radius 2 is 1.97 bits per heavy atom. The van der Waals surface area contributed by atoms with Gasteiger partial charge in [-0.25, -0.2) is 18.9 Å². The number of hydrogen-bond acceptors (Lipinski definition) is 7. The predicted molar refractivity (Wildman–Crippen MR) is 112 cm³/mol. The maximum Gasteiger partial charge on any atom is 0.248 e. The molecule has 2 N–H and O–H groups in total. The number of hydrazone groups is 1. The fourth-order valence-electron chi connectivity index (χ4n) is 4.00. The van der Waals surface area contributed by atoms with E-state index in [2.05, 4.69) is 25.8 Å². The summed E-state index contributed by atoms with van der Waals surface area (Å²) in [6, 6.07) is 7.29. The molecule has 4 rings (SSSR count). The number of hydrazine groups is 2. The van der Waals surface area contributed by atoms with E-state index in [1.807, 2.05) is 26.2 Å². The summed E-state index contributed by atoms with van der Waals surface area (Å²) in [6.45, 7) is 1.79. The Hall–Kier alpha value is -3.14. The fraction of sp³-hybridized carbons (Fsp3) is 0.429. The minimum absolute atomic E-state index is 0.205. The Balaban J connectivity index is 1.59. The highest BCUT2D eigenvalue weighted by molar-refractivity contribution is 5.99. The molecule has 0 saturated heterocycles. The van der Waals surface area contributed by atoms with E-state index in [0.29, 0.717) is 17.2 Å². The second kappa shape index (κ2) is 8.18. The third-order valence-electron chi connectivity index (χ3n) is 5.72. The van der Waals surface area contributed by atoms with E-state index in [4.69, 9.17) is 0 Å². The molecule has 0 spiro atoms. The molecular formula is C21H25F2N7O. The molecule has 0 bridgehead atoms. The van der Waals surface area contributed by atoms with Crippen molar-refractivity contribution < 1.29 is 13.6 Å². The third-order valence-corrected chi connectivity index (χ3v) is 5.72. The van der Waals surface area contributed by atoms with E-state index in [9.17, 15) is 13.6 Å². The number of nitrogens with one attached hydrogen (secondary N) is 2. The Kier molecular flexibility index (Phi) is 5.57. The molecule has 1 aliphatic carbocycles. The minimum atomic E-state index is -2.75. The lowest BCUT2D eigenvalue weighted by Crippen LogP contribution is -2.38. The van der Waals surface area contributed by atoms with Gasteiger partial charge in [-0.3, -0.25) is 15.2 Å². The van der Waals surface area contributed by atoms with Crippen LogP contribution < -0.4 is 10.7 Å². The van der Waals surface area contributed by atoms with Gasteiger partial charge in [0.25, 0.3) is 0 Å².